The van der Waals surface area contributed by atoms with E-state index in [4.69, 9.17) is 0 Å². The summed E-state index contributed by atoms with van der Waals surface area (Å²) in [5, 5.41) is 12.6. The molecule has 0 radical (unpaired) electrons. The second-order valence-electron chi connectivity index (χ2n) is 14.2. The zero-order valence-electron chi connectivity index (χ0n) is 29.5. The van der Waals surface area contributed by atoms with Crippen LogP contribution in [0.15, 0.2) is 206 Å². The Morgan fingerprint density at radius 1 is 0.296 bits per heavy atom. The first-order chi connectivity index (χ1) is 26.8. The fourth-order valence-corrected chi connectivity index (χ4v) is 8.64. The van der Waals surface area contributed by atoms with Crippen LogP contribution in [-0.2, 0) is 0 Å². The Morgan fingerprint density at radius 2 is 0.815 bits per heavy atom. The van der Waals surface area contributed by atoms with Crippen molar-refractivity contribution in [3.05, 3.63) is 206 Å². The van der Waals surface area contributed by atoms with Gasteiger partial charge < -0.3 is 9.47 Å². The maximum absolute atomic E-state index is 2.40. The molecule has 1 heterocycles. The Balaban J connectivity index is 1.09. The molecular formula is C52H34N2. The topological polar surface area (TPSA) is 8.17 Å². The quantitative estimate of drug-likeness (QED) is 0.164. The lowest BCUT2D eigenvalue weighted by molar-refractivity contribution is 1.17. The lowest BCUT2D eigenvalue weighted by atomic mass is 9.94. The molecule has 0 unspecified atom stereocenters. The van der Waals surface area contributed by atoms with Crippen molar-refractivity contribution in [1.29, 1.82) is 0 Å². The minimum Gasteiger partial charge on any atom is -0.310 e. The van der Waals surface area contributed by atoms with Crippen LogP contribution in [0.25, 0.3) is 81.7 Å². The molecule has 0 aliphatic heterocycles. The molecular weight excluding hydrogens is 653 g/mol. The first-order valence-corrected chi connectivity index (χ1v) is 18.6. The number of nitrogens with zero attached hydrogens (tertiary/aromatic N) is 2. The second-order valence-corrected chi connectivity index (χ2v) is 14.2. The van der Waals surface area contributed by atoms with Crippen LogP contribution in [0.5, 0.6) is 0 Å². The van der Waals surface area contributed by atoms with E-state index in [9.17, 15) is 0 Å². The summed E-state index contributed by atoms with van der Waals surface area (Å²) in [5.41, 5.74) is 9.27. The SMILES string of the molecule is c1cc(N(c2ccc(-c3cccc4c3ccc3ccccc34)cc2)c2ccc3c(ccc4ccccc43)c2)cc(-n2c3ccccc3c3ccccc32)c1. The van der Waals surface area contributed by atoms with E-state index in [0.717, 1.165) is 22.7 Å². The molecule has 0 saturated heterocycles. The summed E-state index contributed by atoms with van der Waals surface area (Å²) in [6.07, 6.45) is 0. The molecule has 54 heavy (non-hydrogen) atoms. The fraction of sp³-hybridized carbons (Fsp3) is 0. The summed E-state index contributed by atoms with van der Waals surface area (Å²) in [7, 11) is 0. The average molecular weight is 687 g/mol. The van der Waals surface area contributed by atoms with Gasteiger partial charge in [-0.1, -0.05) is 152 Å². The summed E-state index contributed by atoms with van der Waals surface area (Å²) < 4.78 is 2.40. The van der Waals surface area contributed by atoms with Crippen molar-refractivity contribution in [3.8, 4) is 16.8 Å². The molecule has 252 valence electrons. The van der Waals surface area contributed by atoms with E-state index in [0.29, 0.717) is 0 Å². The van der Waals surface area contributed by atoms with Crippen LogP contribution in [-0.4, -0.2) is 4.57 Å². The van der Waals surface area contributed by atoms with Gasteiger partial charge in [-0.3, -0.25) is 0 Å². The van der Waals surface area contributed by atoms with Gasteiger partial charge in [0.05, 0.1) is 11.0 Å². The van der Waals surface area contributed by atoms with Crippen molar-refractivity contribution >= 4 is 82.0 Å². The summed E-state index contributed by atoms with van der Waals surface area (Å²) in [6.45, 7) is 0. The number of rotatable bonds is 5. The van der Waals surface area contributed by atoms with Crippen LogP contribution in [0.4, 0.5) is 17.1 Å². The minimum absolute atomic E-state index is 1.10. The smallest absolute Gasteiger partial charge is 0.0541 e. The van der Waals surface area contributed by atoms with Crippen LogP contribution in [0.1, 0.15) is 0 Å². The van der Waals surface area contributed by atoms with Crippen LogP contribution >= 0.6 is 0 Å². The number of aromatic nitrogens is 1. The number of benzene rings is 10. The Morgan fingerprint density at radius 3 is 1.56 bits per heavy atom. The van der Waals surface area contributed by atoms with Gasteiger partial charge in [0.15, 0.2) is 0 Å². The summed E-state index contributed by atoms with van der Waals surface area (Å²) >= 11 is 0. The van der Waals surface area contributed by atoms with Crippen LogP contribution in [0, 0.1) is 0 Å². The van der Waals surface area contributed by atoms with Crippen LogP contribution < -0.4 is 4.90 Å². The molecule has 1 aromatic heterocycles. The highest BCUT2D eigenvalue weighted by molar-refractivity contribution is 6.13. The Kier molecular flexibility index (Phi) is 6.90. The van der Waals surface area contributed by atoms with E-state index in [2.05, 4.69) is 216 Å². The van der Waals surface area contributed by atoms with Gasteiger partial charge in [0.1, 0.15) is 0 Å². The van der Waals surface area contributed by atoms with Gasteiger partial charge in [-0.25, -0.2) is 0 Å². The molecule has 2 nitrogen and oxygen atoms in total. The van der Waals surface area contributed by atoms with Gasteiger partial charge in [-0.2, -0.15) is 0 Å². The largest absolute Gasteiger partial charge is 0.310 e. The van der Waals surface area contributed by atoms with Gasteiger partial charge >= 0.3 is 0 Å². The van der Waals surface area contributed by atoms with E-state index in [1.165, 1.54) is 76.0 Å². The zero-order chi connectivity index (χ0) is 35.6. The molecule has 0 amide bonds. The predicted octanol–water partition coefficient (Wildman–Crippen LogP) is 14.5. The van der Waals surface area contributed by atoms with Gasteiger partial charge in [0, 0.05) is 33.5 Å². The third-order valence-corrected chi connectivity index (χ3v) is 11.1. The highest BCUT2D eigenvalue weighted by Gasteiger charge is 2.18. The molecule has 0 atom stereocenters. The van der Waals surface area contributed by atoms with E-state index < -0.39 is 0 Å². The van der Waals surface area contributed by atoms with Gasteiger partial charge in [-0.05, 0) is 109 Å². The number of anilines is 3. The van der Waals surface area contributed by atoms with Crippen molar-refractivity contribution in [2.75, 3.05) is 4.90 Å². The normalized spacial score (nSPS) is 11.7. The Bertz CT molecular complexity index is 3170. The number of fused-ring (bicyclic) bond motifs is 9. The Labute approximate surface area is 313 Å². The monoisotopic (exact) mass is 686 g/mol. The van der Waals surface area contributed by atoms with E-state index in [1.54, 1.807) is 0 Å². The third-order valence-electron chi connectivity index (χ3n) is 11.1. The molecule has 0 aliphatic rings. The predicted molar refractivity (Wildman–Crippen MR) is 231 cm³/mol. The minimum atomic E-state index is 1.10. The number of hydrogen-bond acceptors (Lipinski definition) is 1. The standard InChI is InChI=1S/C52H34N2/c1-3-15-43-35(11-1)23-24-38-33-42(30-32-46(38)43)53(40-13-9-14-41(34-40)54-51-21-7-5-17-49(51)50-18-6-8-22-52(50)54)39-28-25-37(26-29-39)45-19-10-20-47-44-16-4-2-12-36(44)27-31-48(45)47/h1-34H. The van der Waals surface area contributed by atoms with Crippen molar-refractivity contribution in [2.45, 2.75) is 0 Å². The first-order valence-electron chi connectivity index (χ1n) is 18.6. The highest BCUT2D eigenvalue weighted by atomic mass is 15.1. The maximum Gasteiger partial charge on any atom is 0.0541 e. The van der Waals surface area contributed by atoms with Crippen LogP contribution in [0.3, 0.4) is 0 Å². The molecule has 11 aromatic rings. The molecule has 2 heteroatoms. The van der Waals surface area contributed by atoms with Crippen molar-refractivity contribution in [1.82, 2.24) is 4.57 Å². The number of hydrogen-bond donors (Lipinski definition) is 0. The third kappa shape index (κ3) is 4.81. The zero-order valence-corrected chi connectivity index (χ0v) is 29.5. The molecule has 0 fully saturated rings. The fourth-order valence-electron chi connectivity index (χ4n) is 8.64. The molecule has 0 saturated carbocycles. The maximum atomic E-state index is 2.40. The molecule has 0 spiro atoms. The van der Waals surface area contributed by atoms with Gasteiger partial charge in [0.25, 0.3) is 0 Å². The van der Waals surface area contributed by atoms with Crippen molar-refractivity contribution < 1.29 is 0 Å². The van der Waals surface area contributed by atoms with E-state index in [-0.39, 0.29) is 0 Å². The molecule has 0 N–H and O–H groups in total. The van der Waals surface area contributed by atoms with E-state index >= 15 is 0 Å². The lowest BCUT2D eigenvalue weighted by Gasteiger charge is -2.27. The molecule has 0 aliphatic carbocycles. The Hall–Kier alpha value is -7.16. The van der Waals surface area contributed by atoms with Crippen molar-refractivity contribution in [3.63, 3.8) is 0 Å². The average Bonchev–Trinajstić information content (AvgIpc) is 3.58. The molecule has 0 bridgehead atoms. The first kappa shape index (κ1) is 30.5. The summed E-state index contributed by atoms with van der Waals surface area (Å²) in [6, 6.07) is 75.3. The molecule has 10 aromatic carbocycles. The van der Waals surface area contributed by atoms with Crippen LogP contribution in [0.2, 0.25) is 0 Å². The summed E-state index contributed by atoms with van der Waals surface area (Å²) in [4.78, 5) is 2.40. The molecule has 11 rings (SSSR count). The highest BCUT2D eigenvalue weighted by Crippen LogP contribution is 2.41. The summed E-state index contributed by atoms with van der Waals surface area (Å²) in [5.74, 6) is 0. The lowest BCUT2D eigenvalue weighted by Crippen LogP contribution is -2.10. The van der Waals surface area contributed by atoms with Crippen molar-refractivity contribution in [2.24, 2.45) is 0 Å². The van der Waals surface area contributed by atoms with E-state index in [1.807, 2.05) is 0 Å². The van der Waals surface area contributed by atoms with Gasteiger partial charge in [0.2, 0.25) is 0 Å². The second kappa shape index (κ2) is 12.2. The number of para-hydroxylation sites is 2. The van der Waals surface area contributed by atoms with Gasteiger partial charge in [-0.15, -0.1) is 0 Å².